The maximum atomic E-state index is 14.3. The second kappa shape index (κ2) is 11.2. The minimum absolute atomic E-state index is 0.191. The van der Waals surface area contributed by atoms with Crippen LogP contribution in [0.15, 0.2) is 11.0 Å². The van der Waals surface area contributed by atoms with Crippen molar-refractivity contribution in [3.63, 3.8) is 0 Å². The van der Waals surface area contributed by atoms with Crippen molar-refractivity contribution in [1.82, 2.24) is 9.55 Å². The zero-order valence-corrected chi connectivity index (χ0v) is 16.8. The highest BCUT2D eigenvalue weighted by Gasteiger charge is 2.42. The molecule has 1 fully saturated rings. The van der Waals surface area contributed by atoms with Gasteiger partial charge in [-0.3, -0.25) is 9.88 Å². The highest BCUT2D eigenvalue weighted by molar-refractivity contribution is 5.83. The van der Waals surface area contributed by atoms with Crippen LogP contribution in [0.5, 0.6) is 0 Å². The molecule has 0 aliphatic carbocycles. The van der Waals surface area contributed by atoms with E-state index in [9.17, 15) is 24.2 Å². The van der Waals surface area contributed by atoms with E-state index in [1.54, 1.807) is 0 Å². The van der Waals surface area contributed by atoms with E-state index in [0.717, 1.165) is 30.0 Å². The maximum absolute atomic E-state index is 14.3. The number of aromatic nitrogens is 2. The quantitative estimate of drug-likeness (QED) is 0.501. The van der Waals surface area contributed by atoms with Crippen molar-refractivity contribution in [2.75, 3.05) is 11.9 Å². The van der Waals surface area contributed by atoms with Crippen LogP contribution < -0.4 is 11.0 Å². The SMILES string of the molecule is CCCCCCCCCOC(=O)Nc1nc(=O)n([C@@H]2O[C@H](C)[C@@H](O)[C@H]2O)cc1F. The Morgan fingerprint density at radius 3 is 2.52 bits per heavy atom. The Balaban J connectivity index is 1.83. The van der Waals surface area contributed by atoms with Crippen LogP contribution in [-0.2, 0) is 9.47 Å². The summed E-state index contributed by atoms with van der Waals surface area (Å²) in [5, 5.41) is 21.8. The van der Waals surface area contributed by atoms with Gasteiger partial charge in [-0.2, -0.15) is 4.98 Å². The lowest BCUT2D eigenvalue weighted by molar-refractivity contribution is -0.0355. The molecule has 1 aliphatic heterocycles. The molecule has 0 spiro atoms. The van der Waals surface area contributed by atoms with Gasteiger partial charge in [-0.15, -0.1) is 0 Å². The minimum Gasteiger partial charge on any atom is -0.449 e. The summed E-state index contributed by atoms with van der Waals surface area (Å²) in [6.45, 7) is 3.86. The predicted octanol–water partition coefficient (Wildman–Crippen LogP) is 2.32. The Bertz CT molecular complexity index is 728. The number of aliphatic hydroxyl groups is 2. The zero-order chi connectivity index (χ0) is 21.4. The van der Waals surface area contributed by atoms with Crippen LogP contribution in [0.25, 0.3) is 0 Å². The van der Waals surface area contributed by atoms with Crippen molar-refractivity contribution in [1.29, 1.82) is 0 Å². The molecule has 0 bridgehead atoms. The fourth-order valence-corrected chi connectivity index (χ4v) is 3.13. The molecule has 10 heteroatoms. The summed E-state index contributed by atoms with van der Waals surface area (Å²) in [6, 6.07) is 0. The smallest absolute Gasteiger partial charge is 0.412 e. The van der Waals surface area contributed by atoms with Crippen LogP contribution in [0.1, 0.15) is 65.0 Å². The van der Waals surface area contributed by atoms with Gasteiger partial charge in [0.15, 0.2) is 17.9 Å². The van der Waals surface area contributed by atoms with E-state index in [0.29, 0.717) is 6.42 Å². The molecule has 1 saturated heterocycles. The van der Waals surface area contributed by atoms with E-state index in [1.807, 2.05) is 0 Å². The van der Waals surface area contributed by atoms with E-state index in [2.05, 4.69) is 17.2 Å². The topological polar surface area (TPSA) is 123 Å². The number of carbonyl (C=O) groups is 1. The second-order valence-corrected chi connectivity index (χ2v) is 7.22. The summed E-state index contributed by atoms with van der Waals surface area (Å²) < 4.78 is 25.3. The third-order valence-corrected chi connectivity index (χ3v) is 4.86. The first-order valence-corrected chi connectivity index (χ1v) is 10.1. The van der Waals surface area contributed by atoms with Crippen molar-refractivity contribution in [3.05, 3.63) is 22.5 Å². The number of ether oxygens (including phenoxy) is 2. The number of nitrogens with zero attached hydrogens (tertiary/aromatic N) is 2. The lowest BCUT2D eigenvalue weighted by Crippen LogP contribution is -2.36. The molecule has 9 nitrogen and oxygen atoms in total. The average Bonchev–Trinajstić information content (AvgIpc) is 2.93. The molecule has 0 radical (unpaired) electrons. The van der Waals surface area contributed by atoms with Gasteiger partial charge in [0.05, 0.1) is 18.9 Å². The van der Waals surface area contributed by atoms with Gasteiger partial charge < -0.3 is 19.7 Å². The van der Waals surface area contributed by atoms with Gasteiger partial charge in [0.1, 0.15) is 12.2 Å². The zero-order valence-electron chi connectivity index (χ0n) is 16.8. The number of hydrogen-bond acceptors (Lipinski definition) is 7. The highest BCUT2D eigenvalue weighted by Crippen LogP contribution is 2.28. The molecule has 2 rings (SSSR count). The van der Waals surface area contributed by atoms with Crippen molar-refractivity contribution in [2.24, 2.45) is 0 Å². The molecule has 1 aliphatic rings. The number of carbonyl (C=O) groups excluding carboxylic acids is 1. The van der Waals surface area contributed by atoms with E-state index >= 15 is 0 Å². The molecule has 1 aromatic rings. The van der Waals surface area contributed by atoms with Crippen LogP contribution in [0, 0.1) is 5.82 Å². The van der Waals surface area contributed by atoms with E-state index in [-0.39, 0.29) is 6.61 Å². The Kier molecular flexibility index (Phi) is 8.99. The molecule has 29 heavy (non-hydrogen) atoms. The molecular weight excluding hydrogens is 385 g/mol. The van der Waals surface area contributed by atoms with Crippen LogP contribution in [0.4, 0.5) is 15.0 Å². The summed E-state index contributed by atoms with van der Waals surface area (Å²) in [4.78, 5) is 27.4. The van der Waals surface area contributed by atoms with Gasteiger partial charge >= 0.3 is 11.8 Å². The molecule has 2 heterocycles. The van der Waals surface area contributed by atoms with Crippen LogP contribution in [0.3, 0.4) is 0 Å². The maximum Gasteiger partial charge on any atom is 0.412 e. The van der Waals surface area contributed by atoms with E-state index in [4.69, 9.17) is 9.47 Å². The summed E-state index contributed by atoms with van der Waals surface area (Å²) in [5.74, 6) is -1.57. The van der Waals surface area contributed by atoms with Gasteiger partial charge in [-0.1, -0.05) is 45.4 Å². The fourth-order valence-electron chi connectivity index (χ4n) is 3.13. The first-order chi connectivity index (χ1) is 13.8. The van der Waals surface area contributed by atoms with E-state index < -0.39 is 48.0 Å². The number of anilines is 1. The third kappa shape index (κ3) is 6.48. The van der Waals surface area contributed by atoms with Crippen LogP contribution >= 0.6 is 0 Å². The van der Waals surface area contributed by atoms with Crippen LogP contribution in [0.2, 0.25) is 0 Å². The van der Waals surface area contributed by atoms with Crippen molar-refractivity contribution in [2.45, 2.75) is 83.3 Å². The highest BCUT2D eigenvalue weighted by atomic mass is 19.1. The Morgan fingerprint density at radius 2 is 1.90 bits per heavy atom. The van der Waals surface area contributed by atoms with Crippen molar-refractivity contribution >= 4 is 11.9 Å². The lowest BCUT2D eigenvalue weighted by atomic mass is 10.1. The molecular formula is C19H30FN3O6. The first kappa shape index (κ1) is 23.2. The van der Waals surface area contributed by atoms with Crippen molar-refractivity contribution in [3.8, 4) is 0 Å². The van der Waals surface area contributed by atoms with Gasteiger partial charge in [0, 0.05) is 0 Å². The molecule has 1 amide bonds. The fraction of sp³-hybridized carbons (Fsp3) is 0.737. The minimum atomic E-state index is -1.41. The molecule has 0 aromatic carbocycles. The molecule has 4 atom stereocenters. The van der Waals surface area contributed by atoms with Crippen LogP contribution in [-0.4, -0.2) is 50.8 Å². The standard InChI is InChI=1S/C19H30FN3O6/c1-3-4-5-6-7-8-9-10-28-19(27)22-16-13(20)11-23(18(26)21-16)17-15(25)14(24)12(2)29-17/h11-12,14-15,17,24-25H,3-10H2,1-2H3,(H,21,22,26,27)/t12-,14-,15-,17-/m1/s1. The number of nitrogens with one attached hydrogen (secondary N) is 1. The molecule has 164 valence electrons. The van der Waals surface area contributed by atoms with Gasteiger partial charge in [-0.25, -0.2) is 14.0 Å². The number of unbranched alkanes of at least 4 members (excludes halogenated alkanes) is 6. The molecule has 0 unspecified atom stereocenters. The Labute approximate surface area is 168 Å². The number of hydrogen-bond donors (Lipinski definition) is 3. The lowest BCUT2D eigenvalue weighted by Gasteiger charge is -2.17. The molecule has 3 N–H and O–H groups in total. The Morgan fingerprint density at radius 1 is 1.24 bits per heavy atom. The molecule has 1 aromatic heterocycles. The number of rotatable bonds is 10. The monoisotopic (exact) mass is 415 g/mol. The summed E-state index contributed by atoms with van der Waals surface area (Å²) in [7, 11) is 0. The second-order valence-electron chi connectivity index (χ2n) is 7.22. The van der Waals surface area contributed by atoms with Gasteiger partial charge in [-0.05, 0) is 13.3 Å². The summed E-state index contributed by atoms with van der Waals surface area (Å²) in [5.41, 5.74) is -0.945. The number of aliphatic hydroxyl groups excluding tert-OH is 2. The molecule has 0 saturated carbocycles. The third-order valence-electron chi connectivity index (χ3n) is 4.86. The van der Waals surface area contributed by atoms with Gasteiger partial charge in [0.2, 0.25) is 0 Å². The largest absolute Gasteiger partial charge is 0.449 e. The first-order valence-electron chi connectivity index (χ1n) is 10.1. The van der Waals surface area contributed by atoms with E-state index in [1.165, 1.54) is 26.2 Å². The summed E-state index contributed by atoms with van der Waals surface area (Å²) in [6.07, 6.45) is 2.72. The number of halogens is 1. The van der Waals surface area contributed by atoms with Gasteiger partial charge in [0.25, 0.3) is 0 Å². The van der Waals surface area contributed by atoms with Crippen molar-refractivity contribution < 1.29 is 28.9 Å². The average molecular weight is 415 g/mol. The predicted molar refractivity (Wildman–Crippen MR) is 103 cm³/mol. The number of amides is 1. The summed E-state index contributed by atoms with van der Waals surface area (Å²) >= 11 is 0. The normalized spacial score (nSPS) is 23.9. The Hall–Kier alpha value is -2.04.